The third-order valence-corrected chi connectivity index (χ3v) is 2.88. The van der Waals surface area contributed by atoms with Crippen LogP contribution in [0, 0.1) is 11.3 Å². The minimum atomic E-state index is -0.320. The summed E-state index contributed by atoms with van der Waals surface area (Å²) in [6.45, 7) is 0. The molecule has 1 atom stereocenters. The Labute approximate surface area is 103 Å². The van der Waals surface area contributed by atoms with E-state index in [0.717, 1.165) is 11.1 Å². The van der Waals surface area contributed by atoms with Crippen molar-refractivity contribution in [1.29, 1.82) is 5.26 Å². The quantitative estimate of drug-likeness (QED) is 0.628. The first-order valence-electron chi connectivity index (χ1n) is 4.84. The summed E-state index contributed by atoms with van der Waals surface area (Å²) in [5.41, 5.74) is 2.02. The van der Waals surface area contributed by atoms with E-state index in [9.17, 15) is 4.79 Å². The van der Waals surface area contributed by atoms with E-state index in [1.807, 2.05) is 24.3 Å². The largest absolute Gasteiger partial charge is 0.468 e. The molecule has 0 heterocycles. The van der Waals surface area contributed by atoms with Gasteiger partial charge in [0.2, 0.25) is 0 Å². The molecule has 84 valence electrons. The molecule has 0 saturated carbocycles. The van der Waals surface area contributed by atoms with Gasteiger partial charge in [0, 0.05) is 0 Å². The molecule has 0 aromatic heterocycles. The van der Waals surface area contributed by atoms with E-state index in [0.29, 0.717) is 12.8 Å². The molecule has 0 amide bonds. The summed E-state index contributed by atoms with van der Waals surface area (Å²) in [7, 11) is 1.37. The van der Waals surface area contributed by atoms with E-state index < -0.39 is 0 Å². The van der Waals surface area contributed by atoms with Gasteiger partial charge in [0.05, 0.1) is 19.6 Å². The molecular weight excluding hydrogens is 270 g/mol. The van der Waals surface area contributed by atoms with Crippen LogP contribution in [0.25, 0.3) is 0 Å². The average Bonchev–Trinajstić information content (AvgIpc) is 2.31. The second-order valence-corrected chi connectivity index (χ2v) is 4.45. The SMILES string of the molecule is COC(=O)C(Br)Cc1ccc(CC#N)cc1. The number of halogens is 1. The first kappa shape index (κ1) is 12.7. The van der Waals surface area contributed by atoms with Gasteiger partial charge in [0.1, 0.15) is 4.83 Å². The van der Waals surface area contributed by atoms with E-state index in [-0.39, 0.29) is 10.8 Å². The number of esters is 1. The summed E-state index contributed by atoms with van der Waals surface area (Å²) in [6.07, 6.45) is 0.995. The van der Waals surface area contributed by atoms with Gasteiger partial charge in [0.25, 0.3) is 0 Å². The first-order chi connectivity index (χ1) is 7.67. The van der Waals surface area contributed by atoms with Gasteiger partial charge in [-0.15, -0.1) is 0 Å². The molecule has 1 aromatic rings. The van der Waals surface area contributed by atoms with Crippen molar-refractivity contribution < 1.29 is 9.53 Å². The van der Waals surface area contributed by atoms with Crippen LogP contribution in [0.5, 0.6) is 0 Å². The number of hydrogen-bond donors (Lipinski definition) is 0. The Morgan fingerprint density at radius 3 is 2.50 bits per heavy atom. The monoisotopic (exact) mass is 281 g/mol. The van der Waals surface area contributed by atoms with Crippen LogP contribution < -0.4 is 0 Å². The number of ether oxygens (including phenoxy) is 1. The van der Waals surface area contributed by atoms with Crippen LogP contribution in [-0.2, 0) is 22.4 Å². The molecule has 0 bridgehead atoms. The van der Waals surface area contributed by atoms with E-state index in [4.69, 9.17) is 5.26 Å². The average molecular weight is 282 g/mol. The van der Waals surface area contributed by atoms with Crippen LogP contribution in [0.2, 0.25) is 0 Å². The van der Waals surface area contributed by atoms with Crippen molar-refractivity contribution >= 4 is 21.9 Å². The van der Waals surface area contributed by atoms with E-state index in [1.54, 1.807) is 0 Å². The fourth-order valence-electron chi connectivity index (χ4n) is 1.30. The zero-order chi connectivity index (χ0) is 12.0. The highest BCUT2D eigenvalue weighted by molar-refractivity contribution is 9.10. The van der Waals surface area contributed by atoms with Crippen LogP contribution >= 0.6 is 15.9 Å². The summed E-state index contributed by atoms with van der Waals surface area (Å²) in [5, 5.41) is 8.52. The Bertz CT molecular complexity index is 394. The molecule has 16 heavy (non-hydrogen) atoms. The standard InChI is InChI=1S/C12H12BrNO2/c1-16-12(15)11(13)8-10-4-2-9(3-5-10)6-7-14/h2-5,11H,6,8H2,1H3. The molecule has 0 N–H and O–H groups in total. The molecule has 0 radical (unpaired) electrons. The normalized spacial score (nSPS) is 11.6. The van der Waals surface area contributed by atoms with Gasteiger partial charge in [-0.05, 0) is 17.5 Å². The molecule has 0 spiro atoms. The molecule has 0 saturated heterocycles. The maximum atomic E-state index is 11.2. The van der Waals surface area contributed by atoms with Gasteiger partial charge < -0.3 is 4.74 Å². The fraction of sp³-hybridized carbons (Fsp3) is 0.333. The fourth-order valence-corrected chi connectivity index (χ4v) is 1.86. The molecule has 1 rings (SSSR count). The van der Waals surface area contributed by atoms with Crippen molar-refractivity contribution in [1.82, 2.24) is 0 Å². The Kier molecular flexibility index (Phi) is 5.00. The molecule has 3 nitrogen and oxygen atoms in total. The zero-order valence-corrected chi connectivity index (χ0v) is 10.5. The van der Waals surface area contributed by atoms with Gasteiger partial charge in [-0.25, -0.2) is 0 Å². The number of alkyl halides is 1. The molecule has 1 aromatic carbocycles. The molecular formula is C12H12BrNO2. The van der Waals surface area contributed by atoms with Crippen molar-refractivity contribution in [2.24, 2.45) is 0 Å². The third kappa shape index (κ3) is 3.67. The lowest BCUT2D eigenvalue weighted by Gasteiger charge is -2.07. The van der Waals surface area contributed by atoms with Crippen molar-refractivity contribution in [3.8, 4) is 6.07 Å². The van der Waals surface area contributed by atoms with Crippen molar-refractivity contribution in [2.75, 3.05) is 7.11 Å². The molecule has 0 fully saturated rings. The van der Waals surface area contributed by atoms with E-state index in [2.05, 4.69) is 26.7 Å². The summed E-state index contributed by atoms with van der Waals surface area (Å²) in [4.78, 5) is 10.9. The Morgan fingerprint density at radius 1 is 1.44 bits per heavy atom. The van der Waals surface area contributed by atoms with Gasteiger partial charge in [-0.1, -0.05) is 40.2 Å². The molecule has 0 aliphatic heterocycles. The highest BCUT2D eigenvalue weighted by Crippen LogP contribution is 2.12. The van der Waals surface area contributed by atoms with Crippen molar-refractivity contribution in [3.05, 3.63) is 35.4 Å². The summed E-state index contributed by atoms with van der Waals surface area (Å²) in [6, 6.07) is 9.73. The number of carbonyl (C=O) groups is 1. The van der Waals surface area contributed by atoms with Crippen molar-refractivity contribution in [2.45, 2.75) is 17.7 Å². The molecule has 1 unspecified atom stereocenters. The summed E-state index contributed by atoms with van der Waals surface area (Å²) in [5.74, 6) is -0.277. The number of benzene rings is 1. The lowest BCUT2D eigenvalue weighted by Crippen LogP contribution is -2.17. The summed E-state index contributed by atoms with van der Waals surface area (Å²) < 4.78 is 4.62. The number of methoxy groups -OCH3 is 1. The Hall–Kier alpha value is -1.34. The maximum Gasteiger partial charge on any atom is 0.319 e. The molecule has 0 aliphatic carbocycles. The highest BCUT2D eigenvalue weighted by atomic mass is 79.9. The number of nitrogens with zero attached hydrogens (tertiary/aromatic N) is 1. The van der Waals surface area contributed by atoms with Crippen LogP contribution in [0.4, 0.5) is 0 Å². The Morgan fingerprint density at radius 2 is 2.00 bits per heavy atom. The van der Waals surface area contributed by atoms with E-state index in [1.165, 1.54) is 7.11 Å². The first-order valence-corrected chi connectivity index (χ1v) is 5.75. The smallest absolute Gasteiger partial charge is 0.319 e. The Balaban J connectivity index is 2.62. The lowest BCUT2D eigenvalue weighted by atomic mass is 10.1. The number of hydrogen-bond acceptors (Lipinski definition) is 3. The highest BCUT2D eigenvalue weighted by Gasteiger charge is 2.15. The second kappa shape index (κ2) is 6.29. The summed E-state index contributed by atoms with van der Waals surface area (Å²) >= 11 is 3.26. The number of nitriles is 1. The topological polar surface area (TPSA) is 50.1 Å². The van der Waals surface area contributed by atoms with Crippen LogP contribution in [0.15, 0.2) is 24.3 Å². The van der Waals surface area contributed by atoms with Crippen LogP contribution in [0.3, 0.4) is 0 Å². The zero-order valence-electron chi connectivity index (χ0n) is 8.94. The third-order valence-electron chi connectivity index (χ3n) is 2.18. The minimum absolute atomic E-state index is 0.277. The van der Waals surface area contributed by atoms with Crippen LogP contribution in [-0.4, -0.2) is 17.9 Å². The second-order valence-electron chi connectivity index (χ2n) is 3.35. The maximum absolute atomic E-state index is 11.2. The lowest BCUT2D eigenvalue weighted by molar-refractivity contribution is -0.139. The molecule has 0 aliphatic rings. The van der Waals surface area contributed by atoms with Gasteiger partial charge in [-0.2, -0.15) is 5.26 Å². The minimum Gasteiger partial charge on any atom is -0.468 e. The van der Waals surface area contributed by atoms with Gasteiger partial charge in [0.15, 0.2) is 0 Å². The molecule has 4 heteroatoms. The number of carbonyl (C=O) groups excluding carboxylic acids is 1. The van der Waals surface area contributed by atoms with Gasteiger partial charge in [-0.3, -0.25) is 4.79 Å². The predicted molar refractivity (Wildman–Crippen MR) is 64.2 cm³/mol. The number of rotatable bonds is 4. The van der Waals surface area contributed by atoms with Gasteiger partial charge >= 0.3 is 5.97 Å². The van der Waals surface area contributed by atoms with E-state index >= 15 is 0 Å². The van der Waals surface area contributed by atoms with Crippen LogP contribution in [0.1, 0.15) is 11.1 Å². The van der Waals surface area contributed by atoms with Crippen molar-refractivity contribution in [3.63, 3.8) is 0 Å². The predicted octanol–water partition coefficient (Wildman–Crippen LogP) is 2.23.